The maximum atomic E-state index is 12.4. The lowest BCUT2D eigenvalue weighted by Gasteiger charge is -2.15. The minimum Gasteiger partial charge on any atom is -0.392 e. The summed E-state index contributed by atoms with van der Waals surface area (Å²) in [4.78, 5) is 0. The van der Waals surface area contributed by atoms with E-state index in [0.29, 0.717) is 0 Å². The molecule has 1 heterocycles. The molecule has 1 aliphatic rings. The van der Waals surface area contributed by atoms with Crippen molar-refractivity contribution in [3.05, 3.63) is 0 Å². The van der Waals surface area contributed by atoms with Gasteiger partial charge in [-0.25, -0.2) is 0 Å². The molecule has 0 bridgehead atoms. The molecule has 0 spiro atoms. The smallest absolute Gasteiger partial charge is 0.311 e. The molecule has 0 amide bonds. The number of hydrogen-bond donors (Lipinski definition) is 2. The number of alkyl halides is 3. The lowest BCUT2D eigenvalue weighted by Crippen LogP contribution is -2.35. The molecule has 0 radical (unpaired) electrons. The minimum absolute atomic E-state index is 0.149. The number of rotatable bonds is 1. The van der Waals surface area contributed by atoms with E-state index in [0.717, 1.165) is 22.6 Å². The Balaban J connectivity index is 2.45. The van der Waals surface area contributed by atoms with E-state index in [2.05, 4.69) is 5.32 Å². The molecule has 60 valence electrons. The minimum atomic E-state index is -2.74. The summed E-state index contributed by atoms with van der Waals surface area (Å²) in [5, 5.41) is 11.4. The van der Waals surface area contributed by atoms with E-state index in [1.165, 1.54) is 0 Å². The SMILES string of the molecule is O[C@H]1CN[C@H](C(F)(F)I)C1. The summed E-state index contributed by atoms with van der Waals surface area (Å²) >= 11 is 1.08. The van der Waals surface area contributed by atoms with Gasteiger partial charge in [-0.05, 0) is 6.42 Å². The van der Waals surface area contributed by atoms with E-state index in [4.69, 9.17) is 5.11 Å². The third kappa shape index (κ3) is 2.00. The first-order chi connectivity index (χ1) is 4.50. The fourth-order valence-electron chi connectivity index (χ4n) is 0.966. The molecule has 2 nitrogen and oxygen atoms in total. The Morgan fingerprint density at radius 2 is 2.20 bits per heavy atom. The van der Waals surface area contributed by atoms with Crippen LogP contribution in [0.2, 0.25) is 0 Å². The van der Waals surface area contributed by atoms with E-state index in [1.807, 2.05) is 0 Å². The van der Waals surface area contributed by atoms with Gasteiger partial charge < -0.3 is 10.4 Å². The zero-order chi connectivity index (χ0) is 7.78. The molecule has 1 aliphatic heterocycles. The largest absolute Gasteiger partial charge is 0.392 e. The molecular formula is C5H8F2INO. The van der Waals surface area contributed by atoms with Crippen LogP contribution in [0.25, 0.3) is 0 Å². The highest BCUT2D eigenvalue weighted by molar-refractivity contribution is 14.1. The molecule has 0 aromatic carbocycles. The summed E-state index contributed by atoms with van der Waals surface area (Å²) in [6, 6.07) is -0.858. The van der Waals surface area contributed by atoms with Crippen LogP contribution in [-0.4, -0.2) is 27.7 Å². The highest BCUT2D eigenvalue weighted by Crippen LogP contribution is 2.31. The predicted octanol–water partition coefficient (Wildman–Crippen LogP) is 0.737. The van der Waals surface area contributed by atoms with Gasteiger partial charge in [0.05, 0.1) is 12.1 Å². The van der Waals surface area contributed by atoms with Crippen LogP contribution < -0.4 is 5.32 Å². The van der Waals surface area contributed by atoms with E-state index in [1.54, 1.807) is 0 Å². The Hall–Kier alpha value is 0.510. The first kappa shape index (κ1) is 8.61. The second kappa shape index (κ2) is 2.86. The Labute approximate surface area is 71.1 Å². The van der Waals surface area contributed by atoms with Gasteiger partial charge in [0.15, 0.2) is 0 Å². The second-order valence-corrected chi connectivity index (χ2v) is 3.83. The number of halogens is 3. The molecule has 2 atom stereocenters. The highest BCUT2D eigenvalue weighted by atomic mass is 127. The summed E-state index contributed by atoms with van der Waals surface area (Å²) in [6.07, 6.45) is -0.457. The van der Waals surface area contributed by atoms with Crippen LogP contribution in [0.15, 0.2) is 0 Å². The number of β-amino-alcohol motifs (C(OH)–C–C–N with tert-alkyl or cyclic N) is 1. The first-order valence-electron chi connectivity index (χ1n) is 2.98. The van der Waals surface area contributed by atoms with Crippen molar-refractivity contribution in [3.8, 4) is 0 Å². The summed E-state index contributed by atoms with van der Waals surface area (Å²) in [5.74, 6) is 0. The van der Waals surface area contributed by atoms with Crippen molar-refractivity contribution in [2.45, 2.75) is 22.5 Å². The monoisotopic (exact) mass is 263 g/mol. The topological polar surface area (TPSA) is 32.3 Å². The van der Waals surface area contributed by atoms with Gasteiger partial charge in [0.1, 0.15) is 0 Å². The zero-order valence-electron chi connectivity index (χ0n) is 5.15. The normalized spacial score (nSPS) is 34.8. The zero-order valence-corrected chi connectivity index (χ0v) is 7.31. The van der Waals surface area contributed by atoms with Crippen LogP contribution in [-0.2, 0) is 0 Å². The molecule has 1 rings (SSSR count). The van der Waals surface area contributed by atoms with E-state index < -0.39 is 16.1 Å². The lowest BCUT2D eigenvalue weighted by atomic mass is 10.2. The van der Waals surface area contributed by atoms with Crippen molar-refractivity contribution in [3.63, 3.8) is 0 Å². The molecule has 0 aromatic heterocycles. The van der Waals surface area contributed by atoms with Crippen molar-refractivity contribution in [1.82, 2.24) is 5.32 Å². The molecule has 0 aromatic rings. The summed E-state index contributed by atoms with van der Waals surface area (Å²) in [7, 11) is 0. The van der Waals surface area contributed by atoms with Gasteiger partial charge >= 0.3 is 3.93 Å². The molecule has 2 N–H and O–H groups in total. The fraction of sp³-hybridized carbons (Fsp3) is 1.00. The molecule has 5 heteroatoms. The van der Waals surface area contributed by atoms with E-state index in [9.17, 15) is 8.78 Å². The highest BCUT2D eigenvalue weighted by Gasteiger charge is 2.40. The number of nitrogens with one attached hydrogen (secondary N) is 1. The van der Waals surface area contributed by atoms with Crippen LogP contribution in [0.1, 0.15) is 6.42 Å². The van der Waals surface area contributed by atoms with Crippen LogP contribution in [0.4, 0.5) is 8.78 Å². The maximum absolute atomic E-state index is 12.4. The summed E-state index contributed by atoms with van der Waals surface area (Å²) in [6.45, 7) is 0.281. The molecule has 0 saturated carbocycles. The fourth-order valence-corrected chi connectivity index (χ4v) is 1.44. The van der Waals surface area contributed by atoms with Crippen molar-refractivity contribution in [2.24, 2.45) is 0 Å². The van der Waals surface area contributed by atoms with Crippen LogP contribution in [0, 0.1) is 0 Å². The van der Waals surface area contributed by atoms with Gasteiger partial charge in [0.2, 0.25) is 0 Å². The second-order valence-electron chi connectivity index (χ2n) is 2.39. The molecule has 1 saturated heterocycles. The van der Waals surface area contributed by atoms with Gasteiger partial charge in [0, 0.05) is 29.1 Å². The van der Waals surface area contributed by atoms with E-state index >= 15 is 0 Å². The lowest BCUT2D eigenvalue weighted by molar-refractivity contribution is 0.0801. The van der Waals surface area contributed by atoms with Crippen LogP contribution >= 0.6 is 22.6 Å². The maximum Gasteiger partial charge on any atom is 0.311 e. The Morgan fingerprint density at radius 1 is 1.60 bits per heavy atom. The van der Waals surface area contributed by atoms with Gasteiger partial charge in [-0.1, -0.05) is 0 Å². The Bertz CT molecular complexity index is 127. The molecule has 0 unspecified atom stereocenters. The van der Waals surface area contributed by atoms with Gasteiger partial charge in [-0.3, -0.25) is 0 Å². The molecular weight excluding hydrogens is 255 g/mol. The summed E-state index contributed by atoms with van der Waals surface area (Å²) < 4.78 is 22.1. The van der Waals surface area contributed by atoms with E-state index in [-0.39, 0.29) is 13.0 Å². The van der Waals surface area contributed by atoms with Gasteiger partial charge in [0.25, 0.3) is 0 Å². The van der Waals surface area contributed by atoms with Crippen molar-refractivity contribution in [2.75, 3.05) is 6.54 Å². The van der Waals surface area contributed by atoms with Crippen molar-refractivity contribution in [1.29, 1.82) is 0 Å². The average Bonchev–Trinajstić information content (AvgIpc) is 2.11. The predicted molar refractivity (Wildman–Crippen MR) is 41.4 cm³/mol. The third-order valence-corrected chi connectivity index (χ3v) is 2.25. The van der Waals surface area contributed by atoms with Gasteiger partial charge in [-0.2, -0.15) is 8.78 Å². The third-order valence-electron chi connectivity index (χ3n) is 1.50. The number of aliphatic hydroxyl groups excluding tert-OH is 1. The van der Waals surface area contributed by atoms with Crippen molar-refractivity contribution < 1.29 is 13.9 Å². The number of aliphatic hydroxyl groups is 1. The molecule has 0 aliphatic carbocycles. The molecule has 10 heavy (non-hydrogen) atoms. The summed E-state index contributed by atoms with van der Waals surface area (Å²) in [5.41, 5.74) is 0. The van der Waals surface area contributed by atoms with Crippen LogP contribution in [0.5, 0.6) is 0 Å². The van der Waals surface area contributed by atoms with Crippen LogP contribution in [0.3, 0.4) is 0 Å². The Kier molecular flexibility index (Phi) is 2.46. The quantitative estimate of drug-likeness (QED) is 0.540. The first-order valence-corrected chi connectivity index (χ1v) is 4.06. The number of hydrogen-bond acceptors (Lipinski definition) is 2. The van der Waals surface area contributed by atoms with Crippen molar-refractivity contribution >= 4 is 22.6 Å². The standard InChI is InChI=1S/C5H8F2INO/c6-5(7,8)4-1-3(10)2-9-4/h3-4,9-10H,1-2H2/t3-,4+/m1/s1. The molecule has 1 fully saturated rings. The van der Waals surface area contributed by atoms with Gasteiger partial charge in [-0.15, -0.1) is 0 Å². The average molecular weight is 263 g/mol. The Morgan fingerprint density at radius 3 is 2.40 bits per heavy atom.